The number of thiazole rings is 1. The second-order valence-corrected chi connectivity index (χ2v) is 7.74. The molecule has 0 aliphatic heterocycles. The number of nitrogens with zero attached hydrogens (tertiary/aromatic N) is 2. The van der Waals surface area contributed by atoms with E-state index in [9.17, 15) is 0 Å². The zero-order valence-corrected chi connectivity index (χ0v) is 14.8. The Bertz CT molecular complexity index is 458. The molecular formula is C16H29N3OS. The molecule has 4 nitrogen and oxygen atoms in total. The number of fused-ring (bicyclic) bond motifs is 1. The van der Waals surface area contributed by atoms with E-state index in [4.69, 9.17) is 9.72 Å². The van der Waals surface area contributed by atoms with Crippen molar-refractivity contribution in [3.8, 4) is 0 Å². The van der Waals surface area contributed by atoms with Gasteiger partial charge in [0.15, 0.2) is 5.13 Å². The lowest BCUT2D eigenvalue weighted by atomic mass is 9.76. The van der Waals surface area contributed by atoms with Crippen LogP contribution in [0.15, 0.2) is 0 Å². The molecule has 1 aliphatic carbocycles. The minimum Gasteiger partial charge on any atom is -0.385 e. The normalized spacial score (nSPS) is 20.3. The lowest BCUT2D eigenvalue weighted by Gasteiger charge is -2.34. The van der Waals surface area contributed by atoms with E-state index < -0.39 is 0 Å². The van der Waals surface area contributed by atoms with Crippen molar-refractivity contribution in [2.75, 3.05) is 38.8 Å². The zero-order valence-electron chi connectivity index (χ0n) is 14.0. The molecule has 1 aliphatic rings. The summed E-state index contributed by atoms with van der Waals surface area (Å²) in [4.78, 5) is 8.63. The molecule has 1 heterocycles. The summed E-state index contributed by atoms with van der Waals surface area (Å²) in [5, 5.41) is 4.78. The highest BCUT2D eigenvalue weighted by Gasteiger charge is 2.34. The molecule has 2 rings (SSSR count). The summed E-state index contributed by atoms with van der Waals surface area (Å²) in [6.45, 7) is 9.69. The molecule has 5 heteroatoms. The molecular weight excluding hydrogens is 282 g/mol. The van der Waals surface area contributed by atoms with Crippen LogP contribution in [-0.2, 0) is 11.2 Å². The van der Waals surface area contributed by atoms with Gasteiger partial charge in [0.2, 0.25) is 0 Å². The molecule has 0 spiro atoms. The number of anilines is 1. The van der Waals surface area contributed by atoms with E-state index in [0.29, 0.717) is 11.5 Å². The molecule has 1 aromatic heterocycles. The van der Waals surface area contributed by atoms with Crippen molar-refractivity contribution < 1.29 is 4.74 Å². The monoisotopic (exact) mass is 311 g/mol. The molecule has 0 saturated carbocycles. The highest BCUT2D eigenvalue weighted by atomic mass is 32.1. The molecule has 120 valence electrons. The smallest absolute Gasteiger partial charge is 0.185 e. The summed E-state index contributed by atoms with van der Waals surface area (Å²) < 4.78 is 5.13. The number of rotatable bonds is 7. The Kier molecular flexibility index (Phi) is 5.63. The number of nitrogens with one attached hydrogen (secondary N) is 1. The lowest BCUT2D eigenvalue weighted by molar-refractivity contribution is 0.196. The third-order valence-electron chi connectivity index (χ3n) is 4.05. The Balaban J connectivity index is 2.14. The van der Waals surface area contributed by atoms with Crippen LogP contribution in [0.5, 0.6) is 0 Å². The van der Waals surface area contributed by atoms with E-state index in [0.717, 1.165) is 37.7 Å². The van der Waals surface area contributed by atoms with Gasteiger partial charge in [-0.1, -0.05) is 32.1 Å². The van der Waals surface area contributed by atoms with Crippen molar-refractivity contribution in [2.24, 2.45) is 5.41 Å². The molecule has 0 radical (unpaired) electrons. The molecule has 0 fully saturated rings. The first-order chi connectivity index (χ1) is 9.96. The van der Waals surface area contributed by atoms with Gasteiger partial charge in [-0.3, -0.25) is 0 Å². The predicted octanol–water partition coefficient (Wildman–Crippen LogP) is 3.24. The van der Waals surface area contributed by atoms with Crippen molar-refractivity contribution in [2.45, 2.75) is 46.1 Å². The van der Waals surface area contributed by atoms with Crippen LogP contribution >= 0.6 is 11.3 Å². The van der Waals surface area contributed by atoms with Crippen LogP contribution in [0, 0.1) is 5.41 Å². The molecule has 0 saturated heterocycles. The average molecular weight is 311 g/mol. The van der Waals surface area contributed by atoms with Gasteiger partial charge in [-0.25, -0.2) is 4.98 Å². The molecule has 0 amide bonds. The number of ether oxygens (including phenoxy) is 1. The third-order valence-corrected chi connectivity index (χ3v) is 5.38. The van der Waals surface area contributed by atoms with Gasteiger partial charge < -0.3 is 15.0 Å². The fourth-order valence-electron chi connectivity index (χ4n) is 3.04. The van der Waals surface area contributed by atoms with E-state index in [-0.39, 0.29) is 0 Å². The fraction of sp³-hybridized carbons (Fsp3) is 0.812. The van der Waals surface area contributed by atoms with E-state index in [1.165, 1.54) is 17.0 Å². The van der Waals surface area contributed by atoms with Gasteiger partial charge >= 0.3 is 0 Å². The van der Waals surface area contributed by atoms with Crippen LogP contribution in [0.25, 0.3) is 0 Å². The van der Waals surface area contributed by atoms with Crippen LogP contribution in [0.3, 0.4) is 0 Å². The van der Waals surface area contributed by atoms with Crippen LogP contribution in [-0.4, -0.2) is 38.8 Å². The molecule has 1 aromatic rings. The highest BCUT2D eigenvalue weighted by Crippen LogP contribution is 2.44. The fourth-order valence-corrected chi connectivity index (χ4v) is 4.18. The molecule has 1 N–H and O–H groups in total. The van der Waals surface area contributed by atoms with Crippen LogP contribution in [0.2, 0.25) is 0 Å². The Morgan fingerprint density at radius 3 is 2.90 bits per heavy atom. The number of hydrogen-bond donors (Lipinski definition) is 1. The number of hydrogen-bond acceptors (Lipinski definition) is 5. The molecule has 0 bridgehead atoms. The van der Waals surface area contributed by atoms with E-state index in [2.05, 4.69) is 38.0 Å². The Morgan fingerprint density at radius 2 is 2.24 bits per heavy atom. The minimum absolute atomic E-state index is 0.333. The van der Waals surface area contributed by atoms with Crippen molar-refractivity contribution in [1.82, 2.24) is 10.3 Å². The highest BCUT2D eigenvalue weighted by molar-refractivity contribution is 7.15. The van der Waals surface area contributed by atoms with Gasteiger partial charge in [-0.15, -0.1) is 0 Å². The van der Waals surface area contributed by atoms with Gasteiger partial charge in [-0.2, -0.15) is 0 Å². The van der Waals surface area contributed by atoms with Crippen molar-refractivity contribution in [3.05, 3.63) is 10.6 Å². The predicted molar refractivity (Wildman–Crippen MR) is 90.4 cm³/mol. The first-order valence-corrected chi connectivity index (χ1v) is 8.71. The van der Waals surface area contributed by atoms with E-state index >= 15 is 0 Å². The van der Waals surface area contributed by atoms with Gasteiger partial charge in [-0.05, 0) is 31.2 Å². The van der Waals surface area contributed by atoms with Gasteiger partial charge in [0.05, 0.1) is 5.69 Å². The Labute approximate surface area is 132 Å². The van der Waals surface area contributed by atoms with Crippen molar-refractivity contribution in [1.29, 1.82) is 0 Å². The first-order valence-electron chi connectivity index (χ1n) is 7.90. The summed E-state index contributed by atoms with van der Waals surface area (Å²) in [5.74, 6) is 0. The number of aromatic nitrogens is 1. The number of methoxy groups -OCH3 is 1. The summed E-state index contributed by atoms with van der Waals surface area (Å²) in [6.07, 6.45) is 3.33. The maximum Gasteiger partial charge on any atom is 0.185 e. The molecule has 1 unspecified atom stereocenters. The Morgan fingerprint density at radius 1 is 1.48 bits per heavy atom. The lowest BCUT2D eigenvalue weighted by Crippen LogP contribution is -2.32. The second kappa shape index (κ2) is 7.07. The van der Waals surface area contributed by atoms with Crippen LogP contribution < -0.4 is 10.2 Å². The van der Waals surface area contributed by atoms with E-state index in [1.54, 1.807) is 7.11 Å². The van der Waals surface area contributed by atoms with Gasteiger partial charge in [0, 0.05) is 38.2 Å². The second-order valence-electron chi connectivity index (χ2n) is 6.73. The van der Waals surface area contributed by atoms with Crippen LogP contribution in [0.1, 0.15) is 50.2 Å². The topological polar surface area (TPSA) is 37.4 Å². The summed E-state index contributed by atoms with van der Waals surface area (Å²) in [5.41, 5.74) is 1.63. The minimum atomic E-state index is 0.333. The average Bonchev–Trinajstić information content (AvgIpc) is 2.81. The SMILES string of the molecule is CCNC1CC(C)(C)Cc2nc(N(C)CCCOC)sc21. The third kappa shape index (κ3) is 4.18. The maximum absolute atomic E-state index is 5.13. The maximum atomic E-state index is 5.13. The quantitative estimate of drug-likeness (QED) is 0.785. The summed E-state index contributed by atoms with van der Waals surface area (Å²) in [7, 11) is 3.89. The van der Waals surface area contributed by atoms with Crippen LogP contribution in [0.4, 0.5) is 5.13 Å². The summed E-state index contributed by atoms with van der Waals surface area (Å²) in [6, 6.07) is 0.465. The largest absolute Gasteiger partial charge is 0.385 e. The Hall–Kier alpha value is -0.650. The van der Waals surface area contributed by atoms with E-state index in [1.807, 2.05) is 11.3 Å². The molecule has 1 atom stereocenters. The van der Waals surface area contributed by atoms with Gasteiger partial charge in [0.1, 0.15) is 0 Å². The summed E-state index contributed by atoms with van der Waals surface area (Å²) >= 11 is 1.86. The molecule has 0 aromatic carbocycles. The van der Waals surface area contributed by atoms with Gasteiger partial charge in [0.25, 0.3) is 0 Å². The molecule has 21 heavy (non-hydrogen) atoms. The zero-order chi connectivity index (χ0) is 15.5. The first kappa shape index (κ1) is 16.7. The van der Waals surface area contributed by atoms with Crippen molar-refractivity contribution in [3.63, 3.8) is 0 Å². The standard InChI is InChI=1S/C16H29N3OS/c1-6-17-12-10-16(2,3)11-13-14(12)21-15(18-13)19(4)8-7-9-20-5/h12,17H,6-11H2,1-5H3. The van der Waals surface area contributed by atoms with Crippen molar-refractivity contribution >= 4 is 16.5 Å².